The monoisotopic (exact) mass is 302 g/mol. The highest BCUT2D eigenvalue weighted by Crippen LogP contribution is 2.14. The largest absolute Gasteiger partial charge is 0.357 e. The van der Waals surface area contributed by atoms with Crippen molar-refractivity contribution in [2.75, 3.05) is 40.3 Å². The van der Waals surface area contributed by atoms with Crippen LogP contribution in [0.5, 0.6) is 0 Å². The quantitative estimate of drug-likeness (QED) is 0.669. The first-order valence-electron chi connectivity index (χ1n) is 8.32. The van der Waals surface area contributed by atoms with Gasteiger partial charge in [-0.15, -0.1) is 0 Å². The van der Waals surface area contributed by atoms with Crippen LogP contribution in [-0.2, 0) is 6.54 Å². The van der Waals surface area contributed by atoms with Gasteiger partial charge in [0, 0.05) is 33.2 Å². The van der Waals surface area contributed by atoms with E-state index >= 15 is 0 Å². The van der Waals surface area contributed by atoms with Gasteiger partial charge in [-0.3, -0.25) is 4.99 Å². The molecule has 122 valence electrons. The Kier molecular flexibility index (Phi) is 6.25. The lowest BCUT2D eigenvalue weighted by Crippen LogP contribution is -2.38. The van der Waals surface area contributed by atoms with E-state index in [1.807, 2.05) is 0 Å². The molecule has 0 aromatic heterocycles. The van der Waals surface area contributed by atoms with Crippen LogP contribution in [0.1, 0.15) is 24.5 Å². The summed E-state index contributed by atoms with van der Waals surface area (Å²) in [7, 11) is 4.31. The molecule has 1 aromatic rings. The maximum atomic E-state index is 4.85. The van der Waals surface area contributed by atoms with Crippen LogP contribution < -0.4 is 5.32 Å². The van der Waals surface area contributed by atoms with Crippen molar-refractivity contribution in [2.24, 2.45) is 10.9 Å². The van der Waals surface area contributed by atoms with Crippen molar-refractivity contribution in [3.63, 3.8) is 0 Å². The molecule has 1 aliphatic heterocycles. The van der Waals surface area contributed by atoms with Crippen molar-refractivity contribution in [1.82, 2.24) is 15.1 Å². The standard InChI is InChI=1S/C18H30N4/c1-5-19-18(20-12-17-10-11-21(3)13-17)22(4)14-16-8-6-15(2)7-9-16/h6-9,17H,5,10-14H2,1-4H3,(H,19,20). The van der Waals surface area contributed by atoms with E-state index in [0.717, 1.165) is 25.6 Å². The summed E-state index contributed by atoms with van der Waals surface area (Å²) in [5.74, 6) is 1.71. The van der Waals surface area contributed by atoms with Crippen LogP contribution in [0.3, 0.4) is 0 Å². The predicted octanol–water partition coefficient (Wildman–Crippen LogP) is 2.34. The van der Waals surface area contributed by atoms with E-state index in [1.54, 1.807) is 0 Å². The summed E-state index contributed by atoms with van der Waals surface area (Å²) in [6.45, 7) is 9.33. The van der Waals surface area contributed by atoms with Gasteiger partial charge in [-0.2, -0.15) is 0 Å². The molecule has 0 radical (unpaired) electrons. The molecule has 0 bridgehead atoms. The zero-order chi connectivity index (χ0) is 15.9. The number of guanidine groups is 1. The predicted molar refractivity (Wildman–Crippen MR) is 94.2 cm³/mol. The number of benzene rings is 1. The van der Waals surface area contributed by atoms with E-state index in [0.29, 0.717) is 5.92 Å². The Bertz CT molecular complexity index is 480. The van der Waals surface area contributed by atoms with Gasteiger partial charge in [0.15, 0.2) is 5.96 Å². The van der Waals surface area contributed by atoms with Gasteiger partial charge in [-0.25, -0.2) is 0 Å². The summed E-state index contributed by atoms with van der Waals surface area (Å²) in [5, 5.41) is 3.41. The maximum Gasteiger partial charge on any atom is 0.193 e. The van der Waals surface area contributed by atoms with Crippen LogP contribution in [0, 0.1) is 12.8 Å². The van der Waals surface area contributed by atoms with Crippen LogP contribution >= 0.6 is 0 Å². The number of hydrogen-bond acceptors (Lipinski definition) is 2. The lowest BCUT2D eigenvalue weighted by Gasteiger charge is -2.23. The van der Waals surface area contributed by atoms with Gasteiger partial charge in [0.25, 0.3) is 0 Å². The van der Waals surface area contributed by atoms with Crippen LogP contribution in [0.25, 0.3) is 0 Å². The fourth-order valence-electron chi connectivity index (χ4n) is 2.90. The van der Waals surface area contributed by atoms with Crippen LogP contribution in [0.2, 0.25) is 0 Å². The molecule has 4 heteroatoms. The molecular formula is C18H30N4. The van der Waals surface area contributed by atoms with Gasteiger partial charge in [0.1, 0.15) is 0 Å². The Hall–Kier alpha value is -1.55. The molecule has 1 fully saturated rings. The third-order valence-corrected chi connectivity index (χ3v) is 4.23. The molecular weight excluding hydrogens is 272 g/mol. The Balaban J connectivity index is 1.94. The zero-order valence-electron chi connectivity index (χ0n) is 14.5. The molecule has 0 spiro atoms. The second-order valence-electron chi connectivity index (χ2n) is 6.45. The van der Waals surface area contributed by atoms with Crippen molar-refractivity contribution < 1.29 is 0 Å². The second-order valence-corrected chi connectivity index (χ2v) is 6.45. The molecule has 4 nitrogen and oxygen atoms in total. The lowest BCUT2D eigenvalue weighted by molar-refractivity contribution is 0.396. The third-order valence-electron chi connectivity index (χ3n) is 4.23. The van der Waals surface area contributed by atoms with Crippen molar-refractivity contribution in [1.29, 1.82) is 0 Å². The van der Waals surface area contributed by atoms with Gasteiger partial charge in [-0.05, 0) is 45.3 Å². The highest BCUT2D eigenvalue weighted by molar-refractivity contribution is 5.79. The van der Waals surface area contributed by atoms with E-state index in [-0.39, 0.29) is 0 Å². The molecule has 0 amide bonds. The van der Waals surface area contributed by atoms with Gasteiger partial charge < -0.3 is 15.1 Å². The topological polar surface area (TPSA) is 30.9 Å². The first kappa shape index (κ1) is 16.8. The normalized spacial score (nSPS) is 19.5. The van der Waals surface area contributed by atoms with Gasteiger partial charge in [0.2, 0.25) is 0 Å². The van der Waals surface area contributed by atoms with E-state index in [4.69, 9.17) is 4.99 Å². The van der Waals surface area contributed by atoms with E-state index in [1.165, 1.54) is 30.6 Å². The zero-order valence-corrected chi connectivity index (χ0v) is 14.5. The van der Waals surface area contributed by atoms with E-state index < -0.39 is 0 Å². The minimum atomic E-state index is 0.700. The SMILES string of the molecule is CCNC(=NCC1CCN(C)C1)N(C)Cc1ccc(C)cc1. The fourth-order valence-corrected chi connectivity index (χ4v) is 2.90. The summed E-state index contributed by atoms with van der Waals surface area (Å²) >= 11 is 0. The minimum Gasteiger partial charge on any atom is -0.357 e. The minimum absolute atomic E-state index is 0.700. The molecule has 22 heavy (non-hydrogen) atoms. The molecule has 0 aliphatic carbocycles. The van der Waals surface area contributed by atoms with Crippen LogP contribution in [0.15, 0.2) is 29.3 Å². The van der Waals surface area contributed by atoms with Crippen molar-refractivity contribution >= 4 is 5.96 Å². The molecule has 1 N–H and O–H groups in total. The smallest absolute Gasteiger partial charge is 0.193 e. The number of nitrogens with zero attached hydrogens (tertiary/aromatic N) is 3. The molecule has 1 aliphatic rings. The summed E-state index contributed by atoms with van der Waals surface area (Å²) in [6.07, 6.45) is 1.26. The fraction of sp³-hybridized carbons (Fsp3) is 0.611. The van der Waals surface area contributed by atoms with Crippen molar-refractivity contribution in [2.45, 2.75) is 26.8 Å². The second kappa shape index (κ2) is 8.18. The number of hydrogen-bond donors (Lipinski definition) is 1. The van der Waals surface area contributed by atoms with Crippen molar-refractivity contribution in [3.8, 4) is 0 Å². The van der Waals surface area contributed by atoms with E-state index in [2.05, 4.69) is 67.3 Å². The molecule has 1 atom stereocenters. The summed E-state index contributed by atoms with van der Waals surface area (Å²) in [4.78, 5) is 9.46. The highest BCUT2D eigenvalue weighted by atomic mass is 15.3. The first-order valence-corrected chi connectivity index (χ1v) is 8.32. The first-order chi connectivity index (χ1) is 10.6. The summed E-state index contributed by atoms with van der Waals surface area (Å²) in [5.41, 5.74) is 2.62. The van der Waals surface area contributed by atoms with Gasteiger partial charge >= 0.3 is 0 Å². The average molecular weight is 302 g/mol. The Morgan fingerprint density at radius 3 is 2.68 bits per heavy atom. The third kappa shape index (κ3) is 5.02. The van der Waals surface area contributed by atoms with Crippen molar-refractivity contribution in [3.05, 3.63) is 35.4 Å². The Morgan fingerprint density at radius 2 is 2.09 bits per heavy atom. The van der Waals surface area contributed by atoms with Crippen LogP contribution in [-0.4, -0.2) is 56.0 Å². The molecule has 1 heterocycles. The number of rotatable bonds is 5. The number of nitrogens with one attached hydrogen (secondary N) is 1. The molecule has 0 saturated carbocycles. The molecule has 1 unspecified atom stereocenters. The number of aliphatic imine (C=N–C) groups is 1. The maximum absolute atomic E-state index is 4.85. The number of likely N-dealkylation sites (tertiary alicyclic amines) is 1. The van der Waals surface area contributed by atoms with Gasteiger partial charge in [-0.1, -0.05) is 29.8 Å². The Morgan fingerprint density at radius 1 is 1.36 bits per heavy atom. The molecule has 1 saturated heterocycles. The Labute approximate surface area is 135 Å². The summed E-state index contributed by atoms with van der Waals surface area (Å²) in [6, 6.07) is 8.73. The molecule has 2 rings (SSSR count). The number of aryl methyl sites for hydroxylation is 1. The van der Waals surface area contributed by atoms with Crippen LogP contribution in [0.4, 0.5) is 0 Å². The van der Waals surface area contributed by atoms with E-state index in [9.17, 15) is 0 Å². The summed E-state index contributed by atoms with van der Waals surface area (Å²) < 4.78 is 0. The highest BCUT2D eigenvalue weighted by Gasteiger charge is 2.19. The van der Waals surface area contributed by atoms with Gasteiger partial charge in [0.05, 0.1) is 0 Å². The average Bonchev–Trinajstić information content (AvgIpc) is 2.91. The molecule has 1 aromatic carbocycles. The lowest BCUT2D eigenvalue weighted by atomic mass is 10.1.